The fraction of sp³-hybridized carbons (Fsp3) is 0.409. The molecule has 3 rings (SSSR count). The van der Waals surface area contributed by atoms with Gasteiger partial charge in [0.1, 0.15) is 23.4 Å². The molecular formula is C22H26O7. The summed E-state index contributed by atoms with van der Waals surface area (Å²) in [5.41, 5.74) is 0.934. The number of phenols is 4. The molecule has 0 aromatic heterocycles. The molecule has 2 aromatic carbocycles. The van der Waals surface area contributed by atoms with E-state index in [-0.39, 0.29) is 41.1 Å². The van der Waals surface area contributed by atoms with E-state index in [0.717, 1.165) is 25.7 Å². The number of hydrogen-bond acceptors (Lipinski definition) is 7. The first-order chi connectivity index (χ1) is 13.9. The molecule has 0 bridgehead atoms. The quantitative estimate of drug-likeness (QED) is 0.313. The highest BCUT2D eigenvalue weighted by atomic mass is 16.6. The van der Waals surface area contributed by atoms with Crippen LogP contribution in [0.1, 0.15) is 56.3 Å². The van der Waals surface area contributed by atoms with Crippen molar-refractivity contribution >= 4 is 5.97 Å². The van der Waals surface area contributed by atoms with Crippen molar-refractivity contribution in [1.29, 1.82) is 0 Å². The normalized spacial score (nSPS) is 18.0. The Kier molecular flexibility index (Phi) is 6.36. The zero-order valence-electron chi connectivity index (χ0n) is 16.3. The van der Waals surface area contributed by atoms with Crippen LogP contribution in [0.15, 0.2) is 30.3 Å². The molecule has 0 amide bonds. The number of ether oxygens (including phenoxy) is 2. The topological polar surface area (TPSA) is 116 Å². The molecule has 0 radical (unpaired) electrons. The van der Waals surface area contributed by atoms with Gasteiger partial charge >= 0.3 is 5.97 Å². The fourth-order valence-electron chi connectivity index (χ4n) is 3.48. The lowest BCUT2D eigenvalue weighted by Crippen LogP contribution is -2.34. The number of aromatic hydroxyl groups is 4. The highest BCUT2D eigenvalue weighted by Gasteiger charge is 2.36. The minimum absolute atomic E-state index is 0.143. The number of carbonyl (C=O) groups is 1. The summed E-state index contributed by atoms with van der Waals surface area (Å²) in [5.74, 6) is -0.972. The van der Waals surface area contributed by atoms with Crippen molar-refractivity contribution in [2.24, 2.45) is 0 Å². The van der Waals surface area contributed by atoms with Crippen LogP contribution in [0.5, 0.6) is 28.7 Å². The summed E-state index contributed by atoms with van der Waals surface area (Å²) in [6.45, 7) is 2.09. The molecule has 2 aromatic rings. The number of hydrogen-bond donors (Lipinski definition) is 4. The summed E-state index contributed by atoms with van der Waals surface area (Å²) in [7, 11) is 0. The van der Waals surface area contributed by atoms with Gasteiger partial charge in [0.05, 0.1) is 0 Å². The van der Waals surface area contributed by atoms with Crippen LogP contribution >= 0.6 is 0 Å². The van der Waals surface area contributed by atoms with E-state index in [9.17, 15) is 25.2 Å². The predicted molar refractivity (Wildman–Crippen MR) is 105 cm³/mol. The SMILES string of the molecule is CCCCCCC(=O)O[C@@H]1Cc2c(O)cc(O)cc2O[C@@H]1c1ccc(O)c(O)c1. The molecular weight excluding hydrogens is 376 g/mol. The van der Waals surface area contributed by atoms with E-state index >= 15 is 0 Å². The lowest BCUT2D eigenvalue weighted by molar-refractivity contribution is -0.155. The molecule has 0 fully saturated rings. The van der Waals surface area contributed by atoms with E-state index in [1.165, 1.54) is 24.3 Å². The van der Waals surface area contributed by atoms with E-state index < -0.39 is 12.2 Å². The Hall–Kier alpha value is -3.09. The van der Waals surface area contributed by atoms with Gasteiger partial charge in [-0.15, -0.1) is 0 Å². The van der Waals surface area contributed by atoms with Gasteiger partial charge in [0.25, 0.3) is 0 Å². The molecule has 0 aliphatic carbocycles. The van der Waals surface area contributed by atoms with E-state index in [1.54, 1.807) is 6.07 Å². The van der Waals surface area contributed by atoms with Crippen LogP contribution in [0.4, 0.5) is 0 Å². The van der Waals surface area contributed by atoms with Gasteiger partial charge in [-0.3, -0.25) is 4.79 Å². The van der Waals surface area contributed by atoms with E-state index in [2.05, 4.69) is 6.92 Å². The molecule has 156 valence electrons. The maximum atomic E-state index is 12.4. The average Bonchev–Trinajstić information content (AvgIpc) is 2.67. The van der Waals surface area contributed by atoms with Gasteiger partial charge in [0.15, 0.2) is 17.6 Å². The Morgan fingerprint density at radius 2 is 1.83 bits per heavy atom. The lowest BCUT2D eigenvalue weighted by atomic mass is 9.93. The van der Waals surface area contributed by atoms with Crippen LogP contribution in [-0.2, 0) is 16.0 Å². The van der Waals surface area contributed by atoms with Gasteiger partial charge in [0.2, 0.25) is 0 Å². The Morgan fingerprint density at radius 3 is 2.55 bits per heavy atom. The minimum Gasteiger partial charge on any atom is -0.508 e. The minimum atomic E-state index is -0.769. The Labute approximate surface area is 169 Å². The first-order valence-electron chi connectivity index (χ1n) is 9.82. The van der Waals surface area contributed by atoms with Crippen molar-refractivity contribution in [3.63, 3.8) is 0 Å². The maximum Gasteiger partial charge on any atom is 0.306 e. The molecule has 1 aliphatic rings. The molecule has 0 spiro atoms. The highest BCUT2D eigenvalue weighted by Crippen LogP contribution is 2.43. The second-order valence-electron chi connectivity index (χ2n) is 7.27. The molecule has 4 N–H and O–H groups in total. The predicted octanol–water partition coefficient (Wildman–Crippen LogP) is 4.07. The van der Waals surface area contributed by atoms with Crippen LogP contribution in [-0.4, -0.2) is 32.5 Å². The van der Waals surface area contributed by atoms with Gasteiger partial charge in [-0.25, -0.2) is 0 Å². The Morgan fingerprint density at radius 1 is 1.03 bits per heavy atom. The van der Waals surface area contributed by atoms with Crippen molar-refractivity contribution in [3.05, 3.63) is 41.5 Å². The standard InChI is InChI=1S/C22H26O7/c1-2-3-4-5-6-21(27)28-20-12-15-17(25)10-14(23)11-19(15)29-22(20)13-7-8-16(24)18(26)9-13/h7-11,20,22-26H,2-6,12H2,1H3/t20-,22-/m1/s1. The van der Waals surface area contributed by atoms with E-state index in [4.69, 9.17) is 9.47 Å². The van der Waals surface area contributed by atoms with Gasteiger partial charge < -0.3 is 29.9 Å². The summed E-state index contributed by atoms with van der Waals surface area (Å²) in [4.78, 5) is 12.4. The molecule has 0 unspecified atom stereocenters. The summed E-state index contributed by atoms with van der Waals surface area (Å²) < 4.78 is 11.6. The number of benzene rings is 2. The summed E-state index contributed by atoms with van der Waals surface area (Å²) in [6, 6.07) is 6.82. The molecule has 0 saturated carbocycles. The molecule has 29 heavy (non-hydrogen) atoms. The van der Waals surface area contributed by atoms with Crippen molar-refractivity contribution in [3.8, 4) is 28.7 Å². The largest absolute Gasteiger partial charge is 0.508 e. The maximum absolute atomic E-state index is 12.4. The van der Waals surface area contributed by atoms with Gasteiger partial charge in [-0.05, 0) is 18.6 Å². The van der Waals surface area contributed by atoms with Crippen LogP contribution in [0, 0.1) is 0 Å². The number of rotatable bonds is 7. The van der Waals surface area contributed by atoms with E-state index in [1.807, 2.05) is 0 Å². The number of carbonyl (C=O) groups excluding carboxylic acids is 1. The van der Waals surface area contributed by atoms with Crippen LogP contribution in [0.3, 0.4) is 0 Å². The zero-order valence-corrected chi connectivity index (χ0v) is 16.3. The smallest absolute Gasteiger partial charge is 0.306 e. The number of unbranched alkanes of at least 4 members (excludes halogenated alkanes) is 3. The summed E-state index contributed by atoms with van der Waals surface area (Å²) >= 11 is 0. The molecule has 1 heterocycles. The van der Waals surface area contributed by atoms with E-state index in [0.29, 0.717) is 17.5 Å². The van der Waals surface area contributed by atoms with Crippen LogP contribution in [0.25, 0.3) is 0 Å². The lowest BCUT2D eigenvalue weighted by Gasteiger charge is -2.34. The second-order valence-corrected chi connectivity index (χ2v) is 7.27. The Balaban J connectivity index is 1.85. The number of phenolic OH excluding ortho intramolecular Hbond substituents is 4. The zero-order chi connectivity index (χ0) is 21.0. The monoisotopic (exact) mass is 402 g/mol. The third-order valence-electron chi connectivity index (χ3n) is 5.01. The van der Waals surface area contributed by atoms with Gasteiger partial charge in [-0.2, -0.15) is 0 Å². The summed E-state index contributed by atoms with van der Waals surface area (Å²) in [6.07, 6.45) is 2.79. The summed E-state index contributed by atoms with van der Waals surface area (Å²) in [5, 5.41) is 39.4. The molecule has 7 nitrogen and oxygen atoms in total. The first kappa shape index (κ1) is 20.6. The van der Waals surface area contributed by atoms with Gasteiger partial charge in [0, 0.05) is 36.1 Å². The van der Waals surface area contributed by atoms with Crippen molar-refractivity contribution in [2.75, 3.05) is 0 Å². The first-order valence-corrected chi connectivity index (χ1v) is 9.82. The second kappa shape index (κ2) is 8.94. The highest BCUT2D eigenvalue weighted by molar-refractivity contribution is 5.69. The van der Waals surface area contributed by atoms with Crippen molar-refractivity contribution in [2.45, 2.75) is 57.7 Å². The molecule has 2 atom stereocenters. The average molecular weight is 402 g/mol. The molecule has 7 heteroatoms. The van der Waals surface area contributed by atoms with Gasteiger partial charge in [-0.1, -0.05) is 32.3 Å². The van der Waals surface area contributed by atoms with Crippen LogP contribution < -0.4 is 4.74 Å². The molecule has 1 aliphatic heterocycles. The fourth-order valence-corrected chi connectivity index (χ4v) is 3.48. The van der Waals surface area contributed by atoms with Crippen LogP contribution in [0.2, 0.25) is 0 Å². The number of fused-ring (bicyclic) bond motifs is 1. The van der Waals surface area contributed by atoms with Crippen molar-refractivity contribution in [1.82, 2.24) is 0 Å². The molecule has 0 saturated heterocycles. The third-order valence-corrected chi connectivity index (χ3v) is 5.01. The Bertz CT molecular complexity index is 878. The van der Waals surface area contributed by atoms with Crippen molar-refractivity contribution < 1.29 is 34.7 Å². The third kappa shape index (κ3) is 4.85. The number of esters is 1.